The zero-order valence-corrected chi connectivity index (χ0v) is 14.4. The summed E-state index contributed by atoms with van der Waals surface area (Å²) in [5.41, 5.74) is 1.51. The molecule has 1 saturated carbocycles. The Kier molecular flexibility index (Phi) is 5.52. The van der Waals surface area contributed by atoms with Gasteiger partial charge in [0.05, 0.1) is 17.7 Å². The lowest BCUT2D eigenvalue weighted by Crippen LogP contribution is -2.33. The molecule has 128 valence electrons. The molecule has 4 nitrogen and oxygen atoms in total. The van der Waals surface area contributed by atoms with Crippen molar-refractivity contribution in [2.45, 2.75) is 64.2 Å². The first kappa shape index (κ1) is 17.0. The molecule has 1 aliphatic carbocycles. The Balaban J connectivity index is 1.75. The lowest BCUT2D eigenvalue weighted by Gasteiger charge is -2.27. The SMILES string of the molecule is CCC1CN(C(=O)CC2CCCCC2)C(c2cccc(C#N)c2)O1. The van der Waals surface area contributed by atoms with Crippen molar-refractivity contribution in [3.8, 4) is 6.07 Å². The summed E-state index contributed by atoms with van der Waals surface area (Å²) >= 11 is 0. The van der Waals surface area contributed by atoms with Crippen molar-refractivity contribution in [1.29, 1.82) is 5.26 Å². The van der Waals surface area contributed by atoms with E-state index >= 15 is 0 Å². The lowest BCUT2D eigenvalue weighted by molar-refractivity contribution is -0.138. The first-order chi connectivity index (χ1) is 11.7. The molecule has 3 rings (SSSR count). The molecule has 0 spiro atoms. The van der Waals surface area contributed by atoms with Crippen LogP contribution in [0.3, 0.4) is 0 Å². The van der Waals surface area contributed by atoms with Gasteiger partial charge in [0.2, 0.25) is 5.91 Å². The van der Waals surface area contributed by atoms with E-state index in [0.29, 0.717) is 24.4 Å². The highest BCUT2D eigenvalue weighted by Gasteiger charge is 2.37. The Labute approximate surface area is 144 Å². The summed E-state index contributed by atoms with van der Waals surface area (Å²) < 4.78 is 6.11. The van der Waals surface area contributed by atoms with E-state index < -0.39 is 0 Å². The number of hydrogen-bond donors (Lipinski definition) is 0. The van der Waals surface area contributed by atoms with Gasteiger partial charge in [0, 0.05) is 18.5 Å². The van der Waals surface area contributed by atoms with Gasteiger partial charge in [-0.15, -0.1) is 0 Å². The maximum Gasteiger partial charge on any atom is 0.225 e. The monoisotopic (exact) mass is 326 g/mol. The van der Waals surface area contributed by atoms with Crippen LogP contribution in [0.15, 0.2) is 24.3 Å². The Morgan fingerprint density at radius 3 is 2.83 bits per heavy atom. The van der Waals surface area contributed by atoms with E-state index in [4.69, 9.17) is 10.00 Å². The number of rotatable bonds is 4. The van der Waals surface area contributed by atoms with Crippen LogP contribution < -0.4 is 0 Å². The van der Waals surface area contributed by atoms with Crippen molar-refractivity contribution in [3.05, 3.63) is 35.4 Å². The van der Waals surface area contributed by atoms with Crippen molar-refractivity contribution < 1.29 is 9.53 Å². The molecule has 1 amide bonds. The molecule has 0 bridgehead atoms. The number of benzene rings is 1. The van der Waals surface area contributed by atoms with Crippen molar-refractivity contribution in [2.24, 2.45) is 5.92 Å². The quantitative estimate of drug-likeness (QED) is 0.834. The zero-order chi connectivity index (χ0) is 16.9. The summed E-state index contributed by atoms with van der Waals surface area (Å²) in [6.45, 7) is 2.74. The number of amides is 1. The molecule has 2 aliphatic rings. The minimum absolute atomic E-state index is 0.0797. The average molecular weight is 326 g/mol. The van der Waals surface area contributed by atoms with Crippen molar-refractivity contribution >= 4 is 5.91 Å². The Bertz CT molecular complexity index is 616. The topological polar surface area (TPSA) is 53.3 Å². The Hall–Kier alpha value is -1.86. The largest absolute Gasteiger partial charge is 0.349 e. The maximum absolute atomic E-state index is 12.9. The average Bonchev–Trinajstić information content (AvgIpc) is 3.07. The highest BCUT2D eigenvalue weighted by atomic mass is 16.5. The van der Waals surface area contributed by atoms with Gasteiger partial charge in [-0.2, -0.15) is 5.26 Å². The summed E-state index contributed by atoms with van der Waals surface area (Å²) in [6.07, 6.45) is 7.41. The van der Waals surface area contributed by atoms with Crippen LogP contribution in [0.4, 0.5) is 0 Å². The van der Waals surface area contributed by atoms with Gasteiger partial charge in [0.15, 0.2) is 6.23 Å². The molecule has 1 aliphatic heterocycles. The van der Waals surface area contributed by atoms with E-state index in [0.717, 1.165) is 12.0 Å². The normalized spacial score (nSPS) is 24.8. The van der Waals surface area contributed by atoms with Crippen LogP contribution in [0.5, 0.6) is 0 Å². The van der Waals surface area contributed by atoms with Crippen molar-refractivity contribution in [3.63, 3.8) is 0 Å². The predicted molar refractivity (Wildman–Crippen MR) is 92.0 cm³/mol. The fourth-order valence-corrected chi connectivity index (χ4v) is 3.85. The molecule has 1 aromatic carbocycles. The summed E-state index contributed by atoms with van der Waals surface area (Å²) in [7, 11) is 0. The summed E-state index contributed by atoms with van der Waals surface area (Å²) in [6, 6.07) is 9.60. The second-order valence-corrected chi connectivity index (χ2v) is 7.01. The molecule has 1 heterocycles. The first-order valence-electron chi connectivity index (χ1n) is 9.16. The smallest absolute Gasteiger partial charge is 0.225 e. The number of carbonyl (C=O) groups excluding carboxylic acids is 1. The van der Waals surface area contributed by atoms with Crippen LogP contribution in [-0.2, 0) is 9.53 Å². The fourth-order valence-electron chi connectivity index (χ4n) is 3.85. The maximum atomic E-state index is 12.9. The minimum atomic E-state index is -0.348. The van der Waals surface area contributed by atoms with Gasteiger partial charge in [-0.05, 0) is 37.3 Å². The second kappa shape index (κ2) is 7.81. The fraction of sp³-hybridized carbons (Fsp3) is 0.600. The predicted octanol–water partition coefficient (Wildman–Crippen LogP) is 4.16. The molecule has 2 atom stereocenters. The molecule has 4 heteroatoms. The highest BCUT2D eigenvalue weighted by Crippen LogP contribution is 2.34. The molecular weight excluding hydrogens is 300 g/mol. The molecule has 24 heavy (non-hydrogen) atoms. The second-order valence-electron chi connectivity index (χ2n) is 7.01. The summed E-state index contributed by atoms with van der Waals surface area (Å²) in [5.74, 6) is 0.725. The van der Waals surface area contributed by atoms with E-state index in [9.17, 15) is 4.79 Å². The van der Waals surface area contributed by atoms with Crippen LogP contribution in [0, 0.1) is 17.2 Å². The van der Waals surface area contributed by atoms with Gasteiger partial charge in [0.25, 0.3) is 0 Å². The molecule has 1 aromatic rings. The van der Waals surface area contributed by atoms with Crippen molar-refractivity contribution in [2.75, 3.05) is 6.54 Å². The zero-order valence-electron chi connectivity index (χ0n) is 14.4. The van der Waals surface area contributed by atoms with Gasteiger partial charge < -0.3 is 9.64 Å². The Morgan fingerprint density at radius 1 is 1.33 bits per heavy atom. The number of ether oxygens (including phenoxy) is 1. The van der Waals surface area contributed by atoms with Gasteiger partial charge in [0.1, 0.15) is 0 Å². The van der Waals surface area contributed by atoms with E-state index in [1.54, 1.807) is 6.07 Å². The number of carbonyl (C=O) groups is 1. The number of nitriles is 1. The van der Waals surface area contributed by atoms with Crippen LogP contribution >= 0.6 is 0 Å². The molecule has 0 radical (unpaired) electrons. The third kappa shape index (κ3) is 3.79. The van der Waals surface area contributed by atoms with Crippen molar-refractivity contribution in [1.82, 2.24) is 4.90 Å². The van der Waals surface area contributed by atoms with Crippen LogP contribution in [0.2, 0.25) is 0 Å². The van der Waals surface area contributed by atoms with Gasteiger partial charge >= 0.3 is 0 Å². The minimum Gasteiger partial charge on any atom is -0.349 e. The van der Waals surface area contributed by atoms with E-state index in [2.05, 4.69) is 13.0 Å². The van der Waals surface area contributed by atoms with E-state index in [-0.39, 0.29) is 18.2 Å². The Morgan fingerprint density at radius 2 is 2.12 bits per heavy atom. The first-order valence-corrected chi connectivity index (χ1v) is 9.16. The van der Waals surface area contributed by atoms with Gasteiger partial charge in [-0.25, -0.2) is 0 Å². The van der Waals surface area contributed by atoms with E-state index in [1.165, 1.54) is 32.1 Å². The lowest BCUT2D eigenvalue weighted by atomic mass is 9.86. The molecule has 1 saturated heterocycles. The highest BCUT2D eigenvalue weighted by molar-refractivity contribution is 5.77. The molecule has 2 fully saturated rings. The summed E-state index contributed by atoms with van der Waals surface area (Å²) in [4.78, 5) is 14.8. The molecule has 2 unspecified atom stereocenters. The van der Waals surface area contributed by atoms with Gasteiger partial charge in [-0.3, -0.25) is 4.79 Å². The van der Waals surface area contributed by atoms with Crippen LogP contribution in [0.25, 0.3) is 0 Å². The standard InChI is InChI=1S/C20H26N2O2/c1-2-18-14-22(19(23)12-15-7-4-3-5-8-15)20(24-18)17-10-6-9-16(11-17)13-21/h6,9-11,15,18,20H,2-5,7-8,12,14H2,1H3. The van der Waals surface area contributed by atoms with Crippen LogP contribution in [0.1, 0.15) is 69.2 Å². The van der Waals surface area contributed by atoms with Gasteiger partial charge in [-0.1, -0.05) is 38.3 Å². The number of nitrogens with zero attached hydrogens (tertiary/aromatic N) is 2. The molecular formula is C20H26N2O2. The third-order valence-corrected chi connectivity index (χ3v) is 5.27. The number of hydrogen-bond acceptors (Lipinski definition) is 3. The van der Waals surface area contributed by atoms with E-state index in [1.807, 2.05) is 23.1 Å². The summed E-state index contributed by atoms with van der Waals surface area (Å²) in [5, 5.41) is 9.12. The molecule has 0 N–H and O–H groups in total. The third-order valence-electron chi connectivity index (χ3n) is 5.27. The molecule has 0 aromatic heterocycles. The van der Waals surface area contributed by atoms with Crippen LogP contribution in [-0.4, -0.2) is 23.5 Å².